The van der Waals surface area contributed by atoms with Gasteiger partial charge in [0.05, 0.1) is 24.4 Å². The summed E-state index contributed by atoms with van der Waals surface area (Å²) in [5.41, 5.74) is 7.25. The Labute approximate surface area is 128 Å². The molecule has 3 N–H and O–H groups in total. The first kappa shape index (κ1) is 15.2. The largest absolute Gasteiger partial charge is 0.494 e. The molecular weight excluding hydrogens is 282 g/mol. The minimum Gasteiger partial charge on any atom is -0.494 e. The molecule has 0 aliphatic heterocycles. The van der Waals surface area contributed by atoms with Gasteiger partial charge in [-0.1, -0.05) is 0 Å². The summed E-state index contributed by atoms with van der Waals surface area (Å²) in [5, 5.41) is 11.4. The minimum atomic E-state index is -0.326. The van der Waals surface area contributed by atoms with Crippen LogP contribution in [0.2, 0.25) is 0 Å². The average Bonchev–Trinajstić information content (AvgIpc) is 2.55. The third kappa shape index (κ3) is 3.90. The van der Waals surface area contributed by atoms with Crippen LogP contribution in [0.1, 0.15) is 5.56 Å². The molecular formula is C16H15N3O3. The van der Waals surface area contributed by atoms with Crippen molar-refractivity contribution in [3.05, 3.63) is 48.0 Å². The molecule has 0 bridgehead atoms. The number of benzene rings is 2. The third-order valence-electron chi connectivity index (χ3n) is 2.85. The number of carbonyl (C=O) groups excluding carboxylic acids is 1. The van der Waals surface area contributed by atoms with E-state index in [2.05, 4.69) is 5.32 Å². The fourth-order valence-corrected chi connectivity index (χ4v) is 1.77. The van der Waals surface area contributed by atoms with Crippen molar-refractivity contribution >= 4 is 17.3 Å². The van der Waals surface area contributed by atoms with Crippen molar-refractivity contribution in [1.82, 2.24) is 0 Å². The van der Waals surface area contributed by atoms with Crippen molar-refractivity contribution in [2.45, 2.75) is 0 Å². The fourth-order valence-electron chi connectivity index (χ4n) is 1.77. The molecule has 0 spiro atoms. The Bertz CT molecular complexity index is 706. The molecule has 0 radical (unpaired) electrons. The standard InChI is InChI=1S/C16H15N3O3/c1-21-15-8-12(18)4-7-14(15)19-16(20)10-22-13-5-2-11(9-17)3-6-13/h2-8H,10,18H2,1H3,(H,19,20). The zero-order chi connectivity index (χ0) is 15.9. The Kier molecular flexibility index (Phi) is 4.83. The first-order chi connectivity index (χ1) is 10.6. The van der Waals surface area contributed by atoms with E-state index in [1.54, 1.807) is 42.5 Å². The second kappa shape index (κ2) is 6.99. The molecule has 1 amide bonds. The number of nitrogens with zero attached hydrogens (tertiary/aromatic N) is 1. The maximum atomic E-state index is 11.9. The zero-order valence-electron chi connectivity index (χ0n) is 12.0. The van der Waals surface area contributed by atoms with Crippen LogP contribution in [0.25, 0.3) is 0 Å². The van der Waals surface area contributed by atoms with Crippen molar-refractivity contribution in [2.24, 2.45) is 0 Å². The number of nitrogens with one attached hydrogen (secondary N) is 1. The maximum Gasteiger partial charge on any atom is 0.262 e. The average molecular weight is 297 g/mol. The molecule has 0 fully saturated rings. The van der Waals surface area contributed by atoms with Crippen LogP contribution in [0, 0.1) is 11.3 Å². The number of methoxy groups -OCH3 is 1. The topological polar surface area (TPSA) is 97.4 Å². The van der Waals surface area contributed by atoms with E-state index < -0.39 is 0 Å². The molecule has 2 aromatic carbocycles. The van der Waals surface area contributed by atoms with Crippen LogP contribution in [-0.4, -0.2) is 19.6 Å². The molecule has 22 heavy (non-hydrogen) atoms. The van der Waals surface area contributed by atoms with E-state index >= 15 is 0 Å². The molecule has 0 atom stereocenters. The van der Waals surface area contributed by atoms with Crippen LogP contribution in [0.3, 0.4) is 0 Å². The molecule has 0 aliphatic carbocycles. The number of nitrogens with two attached hydrogens (primary N) is 1. The van der Waals surface area contributed by atoms with Gasteiger partial charge in [0.25, 0.3) is 5.91 Å². The van der Waals surface area contributed by atoms with Gasteiger partial charge in [0.2, 0.25) is 0 Å². The highest BCUT2D eigenvalue weighted by molar-refractivity contribution is 5.93. The van der Waals surface area contributed by atoms with Crippen LogP contribution in [-0.2, 0) is 4.79 Å². The van der Waals surface area contributed by atoms with E-state index in [1.807, 2.05) is 6.07 Å². The molecule has 0 aromatic heterocycles. The monoisotopic (exact) mass is 297 g/mol. The Hall–Kier alpha value is -3.20. The second-order valence-electron chi connectivity index (χ2n) is 4.43. The SMILES string of the molecule is COc1cc(N)ccc1NC(=O)COc1ccc(C#N)cc1. The quantitative estimate of drug-likeness (QED) is 0.824. The molecule has 6 heteroatoms. The Morgan fingerprint density at radius 2 is 2.00 bits per heavy atom. The number of nitrogen functional groups attached to an aromatic ring is 1. The summed E-state index contributed by atoms with van der Waals surface area (Å²) in [6.07, 6.45) is 0. The lowest BCUT2D eigenvalue weighted by Crippen LogP contribution is -2.20. The summed E-state index contributed by atoms with van der Waals surface area (Å²) >= 11 is 0. The van der Waals surface area contributed by atoms with E-state index in [0.717, 1.165) is 0 Å². The molecule has 2 rings (SSSR count). The first-order valence-electron chi connectivity index (χ1n) is 6.48. The highest BCUT2D eigenvalue weighted by atomic mass is 16.5. The van der Waals surface area contributed by atoms with Gasteiger partial charge in [-0.2, -0.15) is 5.26 Å². The summed E-state index contributed by atoms with van der Waals surface area (Å²) in [7, 11) is 1.50. The van der Waals surface area contributed by atoms with Gasteiger partial charge < -0.3 is 20.5 Å². The molecule has 6 nitrogen and oxygen atoms in total. The summed E-state index contributed by atoms with van der Waals surface area (Å²) in [6, 6.07) is 13.5. The van der Waals surface area contributed by atoms with Crippen LogP contribution >= 0.6 is 0 Å². The van der Waals surface area contributed by atoms with Gasteiger partial charge in [-0.05, 0) is 36.4 Å². The molecule has 0 heterocycles. The van der Waals surface area contributed by atoms with E-state index in [1.165, 1.54) is 7.11 Å². The van der Waals surface area contributed by atoms with Gasteiger partial charge in [-0.25, -0.2) is 0 Å². The number of amides is 1. The van der Waals surface area contributed by atoms with Crippen LogP contribution in [0.15, 0.2) is 42.5 Å². The lowest BCUT2D eigenvalue weighted by molar-refractivity contribution is -0.118. The highest BCUT2D eigenvalue weighted by Gasteiger charge is 2.08. The van der Waals surface area contributed by atoms with E-state index in [0.29, 0.717) is 28.4 Å². The predicted molar refractivity (Wildman–Crippen MR) is 82.7 cm³/mol. The lowest BCUT2D eigenvalue weighted by atomic mass is 10.2. The van der Waals surface area contributed by atoms with Gasteiger partial charge in [-0.15, -0.1) is 0 Å². The third-order valence-corrected chi connectivity index (χ3v) is 2.85. The molecule has 112 valence electrons. The number of rotatable bonds is 5. The minimum absolute atomic E-state index is 0.153. The number of nitriles is 1. The second-order valence-corrected chi connectivity index (χ2v) is 4.43. The van der Waals surface area contributed by atoms with Crippen LogP contribution in [0.5, 0.6) is 11.5 Å². The summed E-state index contributed by atoms with van der Waals surface area (Å²) in [4.78, 5) is 11.9. The van der Waals surface area contributed by atoms with Crippen LogP contribution in [0.4, 0.5) is 11.4 Å². The van der Waals surface area contributed by atoms with Gasteiger partial charge >= 0.3 is 0 Å². The number of carbonyl (C=O) groups is 1. The lowest BCUT2D eigenvalue weighted by Gasteiger charge is -2.11. The highest BCUT2D eigenvalue weighted by Crippen LogP contribution is 2.26. The van der Waals surface area contributed by atoms with E-state index in [-0.39, 0.29) is 12.5 Å². The van der Waals surface area contributed by atoms with Crippen molar-refractivity contribution in [2.75, 3.05) is 24.8 Å². The molecule has 0 saturated heterocycles. The van der Waals surface area contributed by atoms with Crippen LogP contribution < -0.4 is 20.5 Å². The van der Waals surface area contributed by atoms with E-state index in [4.69, 9.17) is 20.5 Å². The van der Waals surface area contributed by atoms with Crippen molar-refractivity contribution in [3.63, 3.8) is 0 Å². The van der Waals surface area contributed by atoms with Crippen molar-refractivity contribution < 1.29 is 14.3 Å². The Morgan fingerprint density at radius 3 is 2.64 bits per heavy atom. The first-order valence-corrected chi connectivity index (χ1v) is 6.48. The van der Waals surface area contributed by atoms with Crippen molar-refractivity contribution in [1.29, 1.82) is 5.26 Å². The number of hydrogen-bond acceptors (Lipinski definition) is 5. The Morgan fingerprint density at radius 1 is 1.27 bits per heavy atom. The predicted octanol–water partition coefficient (Wildman–Crippen LogP) is 2.17. The summed E-state index contributed by atoms with van der Waals surface area (Å²) < 4.78 is 10.5. The van der Waals surface area contributed by atoms with Crippen molar-refractivity contribution in [3.8, 4) is 17.6 Å². The van der Waals surface area contributed by atoms with Gasteiger partial charge in [0, 0.05) is 11.8 Å². The molecule has 0 unspecified atom stereocenters. The molecule has 0 saturated carbocycles. The summed E-state index contributed by atoms with van der Waals surface area (Å²) in [6.45, 7) is -0.153. The summed E-state index contributed by atoms with van der Waals surface area (Å²) in [5.74, 6) is 0.664. The van der Waals surface area contributed by atoms with Gasteiger partial charge in [0.15, 0.2) is 6.61 Å². The molecule has 0 aliphatic rings. The zero-order valence-corrected chi connectivity index (χ0v) is 12.0. The van der Waals surface area contributed by atoms with Gasteiger partial charge in [-0.3, -0.25) is 4.79 Å². The Balaban J connectivity index is 1.94. The van der Waals surface area contributed by atoms with E-state index in [9.17, 15) is 4.79 Å². The fraction of sp³-hybridized carbons (Fsp3) is 0.125. The number of ether oxygens (including phenoxy) is 2. The maximum absolute atomic E-state index is 11.9. The normalized spacial score (nSPS) is 9.64. The van der Waals surface area contributed by atoms with Gasteiger partial charge in [0.1, 0.15) is 11.5 Å². The smallest absolute Gasteiger partial charge is 0.262 e. The number of hydrogen-bond donors (Lipinski definition) is 2. The molecule has 2 aromatic rings. The number of anilines is 2.